The molecule has 3 rings (SSSR count). The Kier molecular flexibility index (Phi) is 5.12. The van der Waals surface area contributed by atoms with Crippen molar-refractivity contribution >= 4 is 29.1 Å². The molecule has 0 bridgehead atoms. The smallest absolute Gasteiger partial charge is 0.337 e. The van der Waals surface area contributed by atoms with Crippen LogP contribution in [0.5, 0.6) is 0 Å². The van der Waals surface area contributed by atoms with Crippen molar-refractivity contribution < 1.29 is 9.53 Å². The van der Waals surface area contributed by atoms with Gasteiger partial charge in [-0.3, -0.25) is 0 Å². The van der Waals surface area contributed by atoms with E-state index in [0.29, 0.717) is 17.3 Å². The highest BCUT2D eigenvalue weighted by Gasteiger charge is 2.07. The lowest BCUT2D eigenvalue weighted by Gasteiger charge is -2.11. The van der Waals surface area contributed by atoms with Gasteiger partial charge in [0.05, 0.1) is 12.7 Å². The highest BCUT2D eigenvalue weighted by atomic mass is 16.5. The molecule has 1 heterocycles. The van der Waals surface area contributed by atoms with Gasteiger partial charge < -0.3 is 15.4 Å². The summed E-state index contributed by atoms with van der Waals surface area (Å²) in [4.78, 5) is 20.4. The van der Waals surface area contributed by atoms with E-state index < -0.39 is 0 Å². The molecule has 0 unspecified atom stereocenters. The molecule has 1 aromatic heterocycles. The Balaban J connectivity index is 1.79. The maximum Gasteiger partial charge on any atom is 0.337 e. The summed E-state index contributed by atoms with van der Waals surface area (Å²) in [6.07, 6.45) is 0. The van der Waals surface area contributed by atoms with Gasteiger partial charge in [-0.25, -0.2) is 9.78 Å². The van der Waals surface area contributed by atoms with Gasteiger partial charge in [-0.1, -0.05) is 18.2 Å². The molecule has 3 aromatic rings. The van der Waals surface area contributed by atoms with Crippen molar-refractivity contribution in [2.45, 2.75) is 13.8 Å². The van der Waals surface area contributed by atoms with Crippen molar-refractivity contribution in [3.63, 3.8) is 0 Å². The van der Waals surface area contributed by atoms with Gasteiger partial charge in [0.2, 0.25) is 5.95 Å². The average molecular weight is 348 g/mol. The monoisotopic (exact) mass is 348 g/mol. The van der Waals surface area contributed by atoms with Crippen LogP contribution >= 0.6 is 0 Å². The van der Waals surface area contributed by atoms with Gasteiger partial charge in [0.15, 0.2) is 0 Å². The van der Waals surface area contributed by atoms with Gasteiger partial charge in [0, 0.05) is 23.1 Å². The topological polar surface area (TPSA) is 76.1 Å². The van der Waals surface area contributed by atoms with Crippen LogP contribution in [0.3, 0.4) is 0 Å². The molecule has 0 aliphatic rings. The first-order chi connectivity index (χ1) is 12.5. The quantitative estimate of drug-likeness (QED) is 0.667. The Bertz CT molecular complexity index is 923. The molecule has 0 fully saturated rings. The van der Waals surface area contributed by atoms with Crippen molar-refractivity contribution in [2.24, 2.45) is 0 Å². The summed E-state index contributed by atoms with van der Waals surface area (Å²) in [5, 5.41) is 6.47. The maximum absolute atomic E-state index is 11.5. The first-order valence-electron chi connectivity index (χ1n) is 8.19. The molecule has 0 amide bonds. The fourth-order valence-corrected chi connectivity index (χ4v) is 2.48. The number of hydrogen-bond acceptors (Lipinski definition) is 6. The molecule has 0 aliphatic carbocycles. The predicted octanol–water partition coefficient (Wildman–Crippen LogP) is 4.37. The zero-order valence-electron chi connectivity index (χ0n) is 14.9. The number of benzene rings is 2. The number of anilines is 4. The van der Waals surface area contributed by atoms with E-state index in [-0.39, 0.29) is 5.97 Å². The molecule has 0 spiro atoms. The first-order valence-corrected chi connectivity index (χ1v) is 8.19. The second-order valence-corrected chi connectivity index (χ2v) is 5.85. The lowest BCUT2D eigenvalue weighted by Crippen LogP contribution is -2.04. The Labute approximate surface area is 152 Å². The molecular weight excluding hydrogens is 328 g/mol. The van der Waals surface area contributed by atoms with E-state index in [9.17, 15) is 4.79 Å². The van der Waals surface area contributed by atoms with Crippen LogP contribution in [-0.4, -0.2) is 23.0 Å². The van der Waals surface area contributed by atoms with Gasteiger partial charge in [-0.2, -0.15) is 4.98 Å². The van der Waals surface area contributed by atoms with E-state index >= 15 is 0 Å². The molecule has 2 N–H and O–H groups in total. The number of hydrogen-bond donors (Lipinski definition) is 2. The van der Waals surface area contributed by atoms with E-state index in [1.54, 1.807) is 24.3 Å². The molecule has 6 nitrogen and oxygen atoms in total. The molecule has 132 valence electrons. The SMILES string of the molecule is COC(=O)c1ccc(Nc2nc(C)cc(Nc3ccccc3C)n2)cc1. The Hall–Kier alpha value is -3.41. The number of aromatic nitrogens is 2. The molecule has 0 atom stereocenters. The Morgan fingerprint density at radius 1 is 0.962 bits per heavy atom. The second kappa shape index (κ2) is 7.65. The number of nitrogens with zero attached hydrogens (tertiary/aromatic N) is 2. The third-order valence-electron chi connectivity index (χ3n) is 3.82. The Morgan fingerprint density at radius 2 is 1.69 bits per heavy atom. The van der Waals surface area contributed by atoms with Crippen LogP contribution in [0.15, 0.2) is 54.6 Å². The highest BCUT2D eigenvalue weighted by molar-refractivity contribution is 5.89. The van der Waals surface area contributed by atoms with Crippen molar-refractivity contribution in [2.75, 3.05) is 17.7 Å². The summed E-state index contributed by atoms with van der Waals surface area (Å²) in [5.74, 6) is 0.820. The van der Waals surface area contributed by atoms with E-state index in [1.165, 1.54) is 7.11 Å². The fourth-order valence-electron chi connectivity index (χ4n) is 2.48. The van der Waals surface area contributed by atoms with Gasteiger partial charge in [-0.15, -0.1) is 0 Å². The number of esters is 1. The fraction of sp³-hybridized carbons (Fsp3) is 0.150. The van der Waals surface area contributed by atoms with Gasteiger partial charge in [0.1, 0.15) is 5.82 Å². The summed E-state index contributed by atoms with van der Waals surface area (Å²) in [6.45, 7) is 3.95. The lowest BCUT2D eigenvalue weighted by molar-refractivity contribution is 0.0601. The van der Waals surface area contributed by atoms with Gasteiger partial charge >= 0.3 is 5.97 Å². The van der Waals surface area contributed by atoms with Crippen molar-refractivity contribution in [3.05, 3.63) is 71.4 Å². The van der Waals surface area contributed by atoms with E-state index in [1.807, 2.05) is 44.2 Å². The number of para-hydroxylation sites is 1. The number of carbonyl (C=O) groups excluding carboxylic acids is 1. The molecule has 0 saturated heterocycles. The highest BCUT2D eigenvalue weighted by Crippen LogP contribution is 2.21. The van der Waals surface area contributed by atoms with Crippen LogP contribution in [-0.2, 0) is 4.74 Å². The zero-order valence-corrected chi connectivity index (χ0v) is 14.9. The van der Waals surface area contributed by atoms with Gasteiger partial charge in [-0.05, 0) is 49.7 Å². The van der Waals surface area contributed by atoms with Crippen LogP contribution in [0.1, 0.15) is 21.6 Å². The number of nitrogens with one attached hydrogen (secondary N) is 2. The summed E-state index contributed by atoms with van der Waals surface area (Å²) in [5.41, 5.74) is 4.25. The summed E-state index contributed by atoms with van der Waals surface area (Å²) >= 11 is 0. The second-order valence-electron chi connectivity index (χ2n) is 5.85. The minimum Gasteiger partial charge on any atom is -0.465 e. The van der Waals surface area contributed by atoms with Crippen LogP contribution in [0, 0.1) is 13.8 Å². The normalized spacial score (nSPS) is 10.3. The minimum atomic E-state index is -0.368. The number of carbonyl (C=O) groups is 1. The van der Waals surface area contributed by atoms with Crippen molar-refractivity contribution in [3.8, 4) is 0 Å². The predicted molar refractivity (Wildman–Crippen MR) is 102 cm³/mol. The number of rotatable bonds is 5. The van der Waals surface area contributed by atoms with E-state index in [4.69, 9.17) is 4.74 Å². The molecule has 0 radical (unpaired) electrons. The van der Waals surface area contributed by atoms with Crippen LogP contribution in [0.2, 0.25) is 0 Å². The molecular formula is C20H20N4O2. The molecule has 0 aliphatic heterocycles. The summed E-state index contributed by atoms with van der Waals surface area (Å²) in [7, 11) is 1.36. The standard InChI is InChI=1S/C20H20N4O2/c1-13-6-4-5-7-17(13)23-18-12-14(2)21-20(24-18)22-16-10-8-15(9-11-16)19(25)26-3/h4-12H,1-3H3,(H2,21,22,23,24). The number of methoxy groups -OCH3 is 1. The van der Waals surface area contributed by atoms with Crippen molar-refractivity contribution in [1.29, 1.82) is 0 Å². The van der Waals surface area contributed by atoms with Gasteiger partial charge in [0.25, 0.3) is 0 Å². The molecule has 2 aromatic carbocycles. The van der Waals surface area contributed by atoms with Crippen LogP contribution in [0.4, 0.5) is 23.1 Å². The third-order valence-corrected chi connectivity index (χ3v) is 3.82. The molecule has 0 saturated carbocycles. The third kappa shape index (κ3) is 4.16. The first kappa shape index (κ1) is 17.4. The van der Waals surface area contributed by atoms with Crippen molar-refractivity contribution in [1.82, 2.24) is 9.97 Å². The van der Waals surface area contributed by atoms with E-state index in [0.717, 1.165) is 22.6 Å². The maximum atomic E-state index is 11.5. The summed E-state index contributed by atoms with van der Waals surface area (Å²) in [6, 6.07) is 16.9. The summed E-state index contributed by atoms with van der Waals surface area (Å²) < 4.78 is 4.70. The van der Waals surface area contributed by atoms with E-state index in [2.05, 4.69) is 20.6 Å². The zero-order chi connectivity index (χ0) is 18.5. The number of ether oxygens (including phenoxy) is 1. The largest absolute Gasteiger partial charge is 0.465 e. The minimum absolute atomic E-state index is 0.368. The molecule has 6 heteroatoms. The lowest BCUT2D eigenvalue weighted by atomic mass is 10.2. The van der Waals surface area contributed by atoms with Crippen LogP contribution < -0.4 is 10.6 Å². The average Bonchev–Trinajstić information content (AvgIpc) is 2.63. The molecule has 26 heavy (non-hydrogen) atoms. The number of aryl methyl sites for hydroxylation is 2. The Morgan fingerprint density at radius 3 is 2.38 bits per heavy atom. The van der Waals surface area contributed by atoms with Crippen LogP contribution in [0.25, 0.3) is 0 Å².